The number of anilines is 2. The number of sulfonamides is 1. The Kier molecular flexibility index (Phi) is 5.81. The van der Waals surface area contributed by atoms with Crippen molar-refractivity contribution in [3.63, 3.8) is 0 Å². The van der Waals surface area contributed by atoms with Crippen LogP contribution in [0.15, 0.2) is 59.3 Å². The number of hydrogen-bond acceptors (Lipinski definition) is 5. The van der Waals surface area contributed by atoms with Gasteiger partial charge in [0.15, 0.2) is 5.06 Å². The van der Waals surface area contributed by atoms with Gasteiger partial charge in [-0.1, -0.05) is 25.4 Å². The summed E-state index contributed by atoms with van der Waals surface area (Å²) in [6.45, 7) is 4.16. The predicted octanol–water partition coefficient (Wildman–Crippen LogP) is 7.05. The van der Waals surface area contributed by atoms with E-state index in [1.807, 2.05) is 53.2 Å². The molecule has 2 aromatic carbocycles. The second kappa shape index (κ2) is 8.13. The van der Waals surface area contributed by atoms with Crippen LogP contribution in [0.25, 0.3) is 10.1 Å². The molecule has 2 aromatic heterocycles. The zero-order valence-corrected chi connectivity index (χ0v) is 20.8. The Morgan fingerprint density at radius 1 is 0.968 bits per heavy atom. The quantitative estimate of drug-likeness (QED) is 0.290. The first-order valence-corrected chi connectivity index (χ1v) is 13.5. The number of ether oxygens (including phenoxy) is 1. The summed E-state index contributed by atoms with van der Waals surface area (Å²) >= 11 is 9.65. The molecule has 4 nitrogen and oxygen atoms in total. The molecule has 0 saturated carbocycles. The second-order valence-electron chi connectivity index (χ2n) is 7.82. The van der Waals surface area contributed by atoms with Gasteiger partial charge in [0.1, 0.15) is 0 Å². The number of thiophene rings is 2. The van der Waals surface area contributed by atoms with Gasteiger partial charge in [-0.3, -0.25) is 0 Å². The lowest BCUT2D eigenvalue weighted by Crippen LogP contribution is -2.26. The Labute approximate surface area is 195 Å². The average Bonchev–Trinajstić information content (AvgIpc) is 3.35. The van der Waals surface area contributed by atoms with Gasteiger partial charge in [0.05, 0.1) is 24.7 Å². The summed E-state index contributed by atoms with van der Waals surface area (Å²) in [7, 11) is -1.96. The van der Waals surface area contributed by atoms with E-state index < -0.39 is 15.4 Å². The summed E-state index contributed by atoms with van der Waals surface area (Å²) in [5.41, 5.74) is 2.57. The molecular weight excluding hydrogens is 470 g/mol. The third-order valence-corrected chi connectivity index (χ3v) is 8.40. The standard InChI is InChI=1S/C23H22ClNO3S3/c1-23(2,20-8-10-30-22(20)28-3)16-12-17(24)14-19(13-16)25(31(4,26)27)18-5-6-21-15(11-18)7-9-29-21/h5-14H,1-4H3. The number of methoxy groups -OCH3 is 1. The number of fused-ring (bicyclic) bond motifs is 1. The maximum Gasteiger partial charge on any atom is 0.236 e. The fourth-order valence-electron chi connectivity index (χ4n) is 3.74. The number of hydrogen-bond donors (Lipinski definition) is 0. The van der Waals surface area contributed by atoms with E-state index in [-0.39, 0.29) is 0 Å². The molecule has 31 heavy (non-hydrogen) atoms. The first kappa shape index (κ1) is 22.1. The van der Waals surface area contributed by atoms with Crippen LogP contribution in [0.2, 0.25) is 5.02 Å². The Morgan fingerprint density at radius 2 is 1.71 bits per heavy atom. The van der Waals surface area contributed by atoms with Crippen molar-refractivity contribution in [2.75, 3.05) is 17.7 Å². The molecule has 0 radical (unpaired) electrons. The van der Waals surface area contributed by atoms with E-state index in [9.17, 15) is 8.42 Å². The first-order valence-electron chi connectivity index (χ1n) is 9.52. The van der Waals surface area contributed by atoms with Crippen LogP contribution in [0.3, 0.4) is 0 Å². The summed E-state index contributed by atoms with van der Waals surface area (Å²) in [6.07, 6.45) is 1.21. The van der Waals surface area contributed by atoms with Gasteiger partial charge >= 0.3 is 0 Å². The summed E-state index contributed by atoms with van der Waals surface area (Å²) < 4.78 is 33.7. The zero-order valence-electron chi connectivity index (χ0n) is 17.5. The van der Waals surface area contributed by atoms with Gasteiger partial charge < -0.3 is 4.74 Å². The minimum Gasteiger partial charge on any atom is -0.487 e. The molecule has 0 aliphatic rings. The van der Waals surface area contributed by atoms with Crippen molar-refractivity contribution in [2.45, 2.75) is 19.3 Å². The normalized spacial score (nSPS) is 12.3. The van der Waals surface area contributed by atoms with Gasteiger partial charge in [0.25, 0.3) is 0 Å². The molecule has 0 aliphatic carbocycles. The molecule has 0 aliphatic heterocycles. The fourth-order valence-corrected chi connectivity index (χ4v) is 6.60. The van der Waals surface area contributed by atoms with Crippen molar-refractivity contribution >= 4 is 65.8 Å². The molecule has 0 amide bonds. The van der Waals surface area contributed by atoms with Gasteiger partial charge in [-0.25, -0.2) is 12.7 Å². The topological polar surface area (TPSA) is 46.6 Å². The van der Waals surface area contributed by atoms with Gasteiger partial charge in [0, 0.05) is 20.7 Å². The van der Waals surface area contributed by atoms with Crippen LogP contribution in [0.1, 0.15) is 25.0 Å². The molecule has 4 rings (SSSR count). The molecule has 4 aromatic rings. The van der Waals surface area contributed by atoms with Gasteiger partial charge in [0.2, 0.25) is 10.0 Å². The minimum absolute atomic E-state index is 0.439. The van der Waals surface area contributed by atoms with E-state index in [0.717, 1.165) is 26.3 Å². The number of nitrogens with zero attached hydrogens (tertiary/aromatic N) is 1. The highest BCUT2D eigenvalue weighted by atomic mass is 35.5. The smallest absolute Gasteiger partial charge is 0.236 e. The van der Waals surface area contributed by atoms with Crippen molar-refractivity contribution < 1.29 is 13.2 Å². The monoisotopic (exact) mass is 491 g/mol. The maximum absolute atomic E-state index is 12.9. The Balaban J connectivity index is 1.88. The van der Waals surface area contributed by atoms with Gasteiger partial charge in [-0.15, -0.1) is 22.7 Å². The molecule has 0 saturated heterocycles. The number of halogens is 1. The third-order valence-electron chi connectivity index (χ3n) is 5.33. The van der Waals surface area contributed by atoms with E-state index in [1.54, 1.807) is 24.5 Å². The lowest BCUT2D eigenvalue weighted by molar-refractivity contribution is 0.414. The van der Waals surface area contributed by atoms with E-state index in [2.05, 4.69) is 13.8 Å². The third kappa shape index (κ3) is 4.20. The van der Waals surface area contributed by atoms with Crippen molar-refractivity contribution in [1.82, 2.24) is 0 Å². The highest BCUT2D eigenvalue weighted by Crippen LogP contribution is 2.43. The minimum atomic E-state index is -3.61. The molecule has 2 heterocycles. The van der Waals surface area contributed by atoms with Crippen molar-refractivity contribution in [2.24, 2.45) is 0 Å². The SMILES string of the molecule is COc1sccc1C(C)(C)c1cc(Cl)cc(N(c2ccc3sccc3c2)S(C)(=O)=O)c1. The Bertz CT molecular complexity index is 1360. The van der Waals surface area contributed by atoms with Crippen LogP contribution in [0.5, 0.6) is 5.06 Å². The summed E-state index contributed by atoms with van der Waals surface area (Å²) in [5.74, 6) is 0. The van der Waals surface area contributed by atoms with Crippen LogP contribution in [0.4, 0.5) is 11.4 Å². The summed E-state index contributed by atoms with van der Waals surface area (Å²) in [4.78, 5) is 0. The Morgan fingerprint density at radius 3 is 2.42 bits per heavy atom. The van der Waals surface area contributed by atoms with Gasteiger partial charge in [-0.2, -0.15) is 0 Å². The van der Waals surface area contributed by atoms with Crippen molar-refractivity contribution in [3.05, 3.63) is 75.4 Å². The lowest BCUT2D eigenvalue weighted by Gasteiger charge is -2.29. The molecule has 0 N–H and O–H groups in total. The second-order valence-corrected chi connectivity index (χ2v) is 11.9. The van der Waals surface area contributed by atoms with E-state index in [1.165, 1.54) is 21.9 Å². The van der Waals surface area contributed by atoms with Crippen LogP contribution in [0, 0.1) is 0 Å². The molecular formula is C23H22ClNO3S3. The van der Waals surface area contributed by atoms with E-state index in [0.29, 0.717) is 16.4 Å². The summed E-state index contributed by atoms with van der Waals surface area (Å²) in [5, 5.41) is 6.28. The first-order chi connectivity index (χ1) is 14.6. The molecule has 0 atom stereocenters. The van der Waals surface area contributed by atoms with E-state index in [4.69, 9.17) is 16.3 Å². The van der Waals surface area contributed by atoms with Crippen LogP contribution in [-0.4, -0.2) is 21.8 Å². The number of rotatable bonds is 6. The van der Waals surface area contributed by atoms with E-state index >= 15 is 0 Å². The largest absolute Gasteiger partial charge is 0.487 e. The molecule has 0 fully saturated rings. The zero-order chi connectivity index (χ0) is 22.4. The highest BCUT2D eigenvalue weighted by molar-refractivity contribution is 7.92. The van der Waals surface area contributed by atoms with Crippen molar-refractivity contribution in [3.8, 4) is 5.06 Å². The molecule has 0 unspecified atom stereocenters. The van der Waals surface area contributed by atoms with Crippen LogP contribution in [-0.2, 0) is 15.4 Å². The molecule has 162 valence electrons. The highest BCUT2D eigenvalue weighted by Gasteiger charge is 2.30. The molecule has 8 heteroatoms. The predicted molar refractivity (Wildman–Crippen MR) is 133 cm³/mol. The summed E-state index contributed by atoms with van der Waals surface area (Å²) in [6, 6.07) is 15.1. The lowest BCUT2D eigenvalue weighted by atomic mass is 9.79. The molecule has 0 spiro atoms. The fraction of sp³-hybridized carbons (Fsp3) is 0.217. The molecule has 0 bridgehead atoms. The van der Waals surface area contributed by atoms with Crippen LogP contribution >= 0.6 is 34.3 Å². The average molecular weight is 492 g/mol. The van der Waals surface area contributed by atoms with Crippen LogP contribution < -0.4 is 9.04 Å². The Hall–Kier alpha value is -2.06. The number of benzene rings is 2. The maximum atomic E-state index is 12.9. The van der Waals surface area contributed by atoms with Crippen molar-refractivity contribution in [1.29, 1.82) is 0 Å². The van der Waals surface area contributed by atoms with Gasteiger partial charge in [-0.05, 0) is 70.2 Å².